The van der Waals surface area contributed by atoms with Gasteiger partial charge in [-0.2, -0.15) is 0 Å². The highest BCUT2D eigenvalue weighted by molar-refractivity contribution is 5.95. The molecule has 0 N–H and O–H groups in total. The van der Waals surface area contributed by atoms with Crippen LogP contribution in [0.5, 0.6) is 0 Å². The van der Waals surface area contributed by atoms with E-state index in [0.29, 0.717) is 25.2 Å². The third-order valence-corrected chi connectivity index (χ3v) is 5.43. The maximum atomic E-state index is 12.5. The van der Waals surface area contributed by atoms with Gasteiger partial charge in [0.15, 0.2) is 0 Å². The summed E-state index contributed by atoms with van der Waals surface area (Å²) in [6.45, 7) is 5.31. The van der Waals surface area contributed by atoms with Crippen molar-refractivity contribution < 1.29 is 19.1 Å². The summed E-state index contributed by atoms with van der Waals surface area (Å²) in [6.07, 6.45) is 18.2. The zero-order chi connectivity index (χ0) is 20.5. The second-order valence-electron chi connectivity index (χ2n) is 7.98. The van der Waals surface area contributed by atoms with Crippen LogP contribution in [0.1, 0.15) is 110 Å². The molecule has 1 aliphatic rings. The van der Waals surface area contributed by atoms with Crippen molar-refractivity contribution in [1.82, 2.24) is 0 Å². The number of hydrogen-bond acceptors (Lipinski definition) is 4. The second kappa shape index (κ2) is 16.6. The first-order valence-electron chi connectivity index (χ1n) is 11.7. The number of unbranched alkanes of at least 4 members (excludes halogenated alkanes) is 10. The fourth-order valence-corrected chi connectivity index (χ4v) is 3.63. The minimum atomic E-state index is -0.439. The van der Waals surface area contributed by atoms with Gasteiger partial charge in [-0.25, -0.2) is 4.79 Å². The summed E-state index contributed by atoms with van der Waals surface area (Å²) in [5, 5.41) is 0. The fraction of sp³-hybridized carbons (Fsp3) is 0.833. The van der Waals surface area contributed by atoms with E-state index < -0.39 is 5.92 Å². The molecule has 0 fully saturated rings. The maximum absolute atomic E-state index is 12.5. The molecule has 4 heteroatoms. The summed E-state index contributed by atoms with van der Waals surface area (Å²) in [5.41, 5.74) is 0.519. The predicted molar refractivity (Wildman–Crippen MR) is 114 cm³/mol. The number of ether oxygens (including phenoxy) is 2. The van der Waals surface area contributed by atoms with E-state index in [1.165, 1.54) is 51.4 Å². The van der Waals surface area contributed by atoms with Gasteiger partial charge in [-0.15, -0.1) is 0 Å². The summed E-state index contributed by atoms with van der Waals surface area (Å²) < 4.78 is 10.9. The molecule has 0 saturated carbocycles. The zero-order valence-electron chi connectivity index (χ0n) is 18.3. The van der Waals surface area contributed by atoms with Gasteiger partial charge in [0.1, 0.15) is 0 Å². The summed E-state index contributed by atoms with van der Waals surface area (Å²) in [5.74, 6) is -1.02. The number of allylic oxidation sites excluding steroid dienone is 1. The van der Waals surface area contributed by atoms with Crippen molar-refractivity contribution >= 4 is 11.9 Å². The number of rotatable bonds is 16. The van der Waals surface area contributed by atoms with Gasteiger partial charge in [-0.3, -0.25) is 4.79 Å². The monoisotopic (exact) mass is 394 g/mol. The van der Waals surface area contributed by atoms with Crippen molar-refractivity contribution in [3.8, 4) is 0 Å². The Balaban J connectivity index is 2.26. The van der Waals surface area contributed by atoms with Crippen LogP contribution in [0, 0.1) is 5.92 Å². The Morgan fingerprint density at radius 1 is 0.821 bits per heavy atom. The molecule has 1 aliphatic carbocycles. The van der Waals surface area contributed by atoms with Crippen LogP contribution >= 0.6 is 0 Å². The van der Waals surface area contributed by atoms with Gasteiger partial charge in [0.05, 0.1) is 19.1 Å². The second-order valence-corrected chi connectivity index (χ2v) is 7.98. The molecule has 0 heterocycles. The molecule has 0 aromatic heterocycles. The first kappa shape index (κ1) is 24.7. The lowest BCUT2D eigenvalue weighted by molar-refractivity contribution is -0.151. The van der Waals surface area contributed by atoms with E-state index >= 15 is 0 Å². The van der Waals surface area contributed by atoms with Crippen LogP contribution < -0.4 is 0 Å². The van der Waals surface area contributed by atoms with E-state index in [-0.39, 0.29) is 11.9 Å². The number of carbonyl (C=O) groups is 2. The van der Waals surface area contributed by atoms with Crippen LogP contribution in [0.2, 0.25) is 0 Å². The van der Waals surface area contributed by atoms with Crippen LogP contribution in [-0.2, 0) is 19.1 Å². The first-order chi connectivity index (χ1) is 13.7. The van der Waals surface area contributed by atoms with Gasteiger partial charge in [-0.1, -0.05) is 84.1 Å². The van der Waals surface area contributed by atoms with Crippen LogP contribution in [0.4, 0.5) is 0 Å². The average Bonchev–Trinajstić information content (AvgIpc) is 2.72. The Morgan fingerprint density at radius 2 is 1.36 bits per heavy atom. The number of esters is 2. The van der Waals surface area contributed by atoms with Gasteiger partial charge in [-0.05, 0) is 32.1 Å². The van der Waals surface area contributed by atoms with E-state index in [2.05, 4.69) is 13.8 Å². The third-order valence-electron chi connectivity index (χ3n) is 5.43. The smallest absolute Gasteiger partial charge is 0.334 e. The quantitative estimate of drug-likeness (QED) is 0.221. The molecule has 1 rings (SSSR count). The average molecular weight is 395 g/mol. The first-order valence-corrected chi connectivity index (χ1v) is 11.7. The maximum Gasteiger partial charge on any atom is 0.334 e. The van der Waals surface area contributed by atoms with Crippen molar-refractivity contribution in [2.45, 2.75) is 110 Å². The molecule has 0 aromatic rings. The Labute approximate surface area is 172 Å². The van der Waals surface area contributed by atoms with Crippen LogP contribution in [0.15, 0.2) is 11.6 Å². The third kappa shape index (κ3) is 10.9. The van der Waals surface area contributed by atoms with Crippen molar-refractivity contribution in [2.75, 3.05) is 13.2 Å². The normalized spacial score (nSPS) is 16.5. The van der Waals surface area contributed by atoms with Crippen molar-refractivity contribution in [3.63, 3.8) is 0 Å². The summed E-state index contributed by atoms with van der Waals surface area (Å²) >= 11 is 0. The summed E-state index contributed by atoms with van der Waals surface area (Å²) in [6, 6.07) is 0. The lowest BCUT2D eigenvalue weighted by Crippen LogP contribution is -2.27. The number of hydrogen-bond donors (Lipinski definition) is 0. The molecule has 0 radical (unpaired) electrons. The Hall–Kier alpha value is -1.32. The Bertz CT molecular complexity index is 456. The van der Waals surface area contributed by atoms with Gasteiger partial charge in [0.25, 0.3) is 0 Å². The molecule has 4 nitrogen and oxygen atoms in total. The zero-order valence-corrected chi connectivity index (χ0v) is 18.3. The van der Waals surface area contributed by atoms with Crippen molar-refractivity contribution in [3.05, 3.63) is 11.6 Å². The molecule has 0 aromatic carbocycles. The lowest BCUT2D eigenvalue weighted by Gasteiger charge is -2.21. The van der Waals surface area contributed by atoms with E-state index in [1.54, 1.807) is 0 Å². The highest BCUT2D eigenvalue weighted by Crippen LogP contribution is 2.27. The molecule has 0 spiro atoms. The predicted octanol–water partition coefficient (Wildman–Crippen LogP) is 6.52. The molecule has 0 aliphatic heterocycles. The van der Waals surface area contributed by atoms with Crippen molar-refractivity contribution in [1.29, 1.82) is 0 Å². The van der Waals surface area contributed by atoms with E-state index in [1.807, 2.05) is 6.08 Å². The standard InChI is InChI=1S/C24H42O4/c1-3-5-7-9-11-15-19-27-23(25)21-17-13-14-18-22(21)24(26)28-20-16-12-10-8-6-4-2/h17,22H,3-16,18-20H2,1-2H3. The highest BCUT2D eigenvalue weighted by Gasteiger charge is 2.31. The molecule has 0 saturated heterocycles. The number of carbonyl (C=O) groups excluding carboxylic acids is 2. The lowest BCUT2D eigenvalue weighted by atomic mass is 9.87. The summed E-state index contributed by atoms with van der Waals surface area (Å²) in [7, 11) is 0. The van der Waals surface area contributed by atoms with E-state index in [0.717, 1.165) is 38.5 Å². The topological polar surface area (TPSA) is 52.6 Å². The summed E-state index contributed by atoms with van der Waals surface area (Å²) in [4.78, 5) is 24.9. The molecule has 162 valence electrons. The van der Waals surface area contributed by atoms with Crippen LogP contribution in [0.3, 0.4) is 0 Å². The molecule has 0 amide bonds. The van der Waals surface area contributed by atoms with Gasteiger partial charge in [0, 0.05) is 5.57 Å². The van der Waals surface area contributed by atoms with Gasteiger partial charge >= 0.3 is 11.9 Å². The Morgan fingerprint density at radius 3 is 1.96 bits per heavy atom. The molecular formula is C24H42O4. The minimum Gasteiger partial charge on any atom is -0.465 e. The molecule has 28 heavy (non-hydrogen) atoms. The SMILES string of the molecule is CCCCCCCCOC(=O)C1=CCCCC1C(=O)OCCCCCCCC. The van der Waals surface area contributed by atoms with Gasteiger partial charge < -0.3 is 9.47 Å². The molecule has 1 unspecified atom stereocenters. The molecule has 0 bridgehead atoms. The fourth-order valence-electron chi connectivity index (χ4n) is 3.63. The van der Waals surface area contributed by atoms with Crippen molar-refractivity contribution in [2.24, 2.45) is 5.92 Å². The highest BCUT2D eigenvalue weighted by atomic mass is 16.5. The van der Waals surface area contributed by atoms with Crippen LogP contribution in [0.25, 0.3) is 0 Å². The minimum absolute atomic E-state index is 0.254. The van der Waals surface area contributed by atoms with E-state index in [9.17, 15) is 9.59 Å². The Kier molecular flexibility index (Phi) is 14.7. The molecular weight excluding hydrogens is 352 g/mol. The largest absolute Gasteiger partial charge is 0.465 e. The molecule has 1 atom stereocenters. The van der Waals surface area contributed by atoms with E-state index in [4.69, 9.17) is 9.47 Å². The van der Waals surface area contributed by atoms with Gasteiger partial charge in [0.2, 0.25) is 0 Å². The van der Waals surface area contributed by atoms with Crippen LogP contribution in [-0.4, -0.2) is 25.2 Å².